The Labute approximate surface area is 634 Å². The number of allylic oxidation sites excluding steroid dienone is 16. The quantitative estimate of drug-likeness (QED) is 0.0211. The van der Waals surface area contributed by atoms with Crippen molar-refractivity contribution in [1.82, 2.24) is 0 Å². The van der Waals surface area contributed by atoms with Gasteiger partial charge in [0.05, 0.1) is 27.7 Å². The molecule has 2 unspecified atom stereocenters. The zero-order valence-electron chi connectivity index (χ0n) is 68.1. The molecular formula is C92H169NO8P+. The molecule has 9 nitrogen and oxygen atoms in total. The minimum atomic E-state index is -4.40. The van der Waals surface area contributed by atoms with Gasteiger partial charge < -0.3 is 18.9 Å². The number of likely N-dealkylation sites (N-methyl/N-ethyl adjacent to an activating group) is 1. The van der Waals surface area contributed by atoms with E-state index in [1.54, 1.807) is 0 Å². The number of quaternary nitrogens is 1. The van der Waals surface area contributed by atoms with Gasteiger partial charge in [-0.3, -0.25) is 18.6 Å². The summed E-state index contributed by atoms with van der Waals surface area (Å²) in [6, 6.07) is 0. The fourth-order valence-corrected chi connectivity index (χ4v) is 13.7. The highest BCUT2D eigenvalue weighted by atomic mass is 31.2. The fourth-order valence-electron chi connectivity index (χ4n) is 13.0. The number of unbranched alkanes of at least 4 members (excludes halogenated alkanes) is 52. The van der Waals surface area contributed by atoms with Gasteiger partial charge in [-0.2, -0.15) is 0 Å². The van der Waals surface area contributed by atoms with Crippen LogP contribution >= 0.6 is 7.82 Å². The van der Waals surface area contributed by atoms with E-state index in [1.807, 2.05) is 21.1 Å². The van der Waals surface area contributed by atoms with E-state index >= 15 is 0 Å². The molecule has 594 valence electrons. The summed E-state index contributed by atoms with van der Waals surface area (Å²) in [7, 11) is 1.49. The van der Waals surface area contributed by atoms with Crippen LogP contribution in [0.5, 0.6) is 0 Å². The molecule has 102 heavy (non-hydrogen) atoms. The molecule has 2 atom stereocenters. The van der Waals surface area contributed by atoms with E-state index in [9.17, 15) is 19.0 Å². The zero-order chi connectivity index (χ0) is 74.0. The Morgan fingerprint density at radius 3 is 0.833 bits per heavy atom. The van der Waals surface area contributed by atoms with Crippen molar-refractivity contribution in [3.8, 4) is 0 Å². The smallest absolute Gasteiger partial charge is 0.462 e. The van der Waals surface area contributed by atoms with E-state index in [2.05, 4.69) is 111 Å². The predicted molar refractivity (Wildman–Crippen MR) is 445 cm³/mol. The largest absolute Gasteiger partial charge is 0.472 e. The normalized spacial score (nSPS) is 13.4. The number of ether oxygens (including phenoxy) is 2. The van der Waals surface area contributed by atoms with Crippen LogP contribution in [-0.4, -0.2) is 74.9 Å². The van der Waals surface area contributed by atoms with Crippen molar-refractivity contribution in [2.24, 2.45) is 0 Å². The van der Waals surface area contributed by atoms with Crippen LogP contribution in [0.3, 0.4) is 0 Å². The predicted octanol–water partition coefficient (Wildman–Crippen LogP) is 29.7. The first-order chi connectivity index (χ1) is 50.0. The van der Waals surface area contributed by atoms with Gasteiger partial charge in [0.15, 0.2) is 6.10 Å². The summed E-state index contributed by atoms with van der Waals surface area (Å²) >= 11 is 0. The molecule has 0 aromatic heterocycles. The molecule has 0 aromatic carbocycles. The maximum atomic E-state index is 12.9. The average molecular weight is 1450 g/mol. The highest BCUT2D eigenvalue weighted by molar-refractivity contribution is 7.47. The SMILES string of the molecule is CC/C=C\C/C=C\C/C=C\C/C=C\C/C=C\C/C=C\C/C=C\C/C=C\CCCCCCCCCCCCCCCCCCC(=O)OC(COC(=O)CCCCCCCCCCCCCCCCCCCCCCCCCCCCCCCCCCCCCCC)COP(=O)(O)OCC[N+](C)(C)C. The van der Waals surface area contributed by atoms with Crippen LogP contribution in [0, 0.1) is 0 Å². The van der Waals surface area contributed by atoms with Gasteiger partial charge in [0.1, 0.15) is 19.8 Å². The maximum absolute atomic E-state index is 12.9. The Morgan fingerprint density at radius 1 is 0.314 bits per heavy atom. The first-order valence-electron chi connectivity index (χ1n) is 44.0. The van der Waals surface area contributed by atoms with Crippen LogP contribution in [-0.2, 0) is 32.7 Å². The lowest BCUT2D eigenvalue weighted by molar-refractivity contribution is -0.870. The van der Waals surface area contributed by atoms with Crippen LogP contribution < -0.4 is 0 Å². The van der Waals surface area contributed by atoms with E-state index in [4.69, 9.17) is 18.5 Å². The highest BCUT2D eigenvalue weighted by Crippen LogP contribution is 2.43. The zero-order valence-corrected chi connectivity index (χ0v) is 69.0. The van der Waals surface area contributed by atoms with Crippen molar-refractivity contribution in [2.45, 2.75) is 431 Å². The van der Waals surface area contributed by atoms with Crippen molar-refractivity contribution in [3.63, 3.8) is 0 Å². The van der Waals surface area contributed by atoms with Gasteiger partial charge in [-0.15, -0.1) is 0 Å². The van der Waals surface area contributed by atoms with Gasteiger partial charge >= 0.3 is 19.8 Å². The van der Waals surface area contributed by atoms with Crippen LogP contribution in [0.4, 0.5) is 0 Å². The molecule has 0 aliphatic carbocycles. The lowest BCUT2D eigenvalue weighted by Crippen LogP contribution is -2.37. The van der Waals surface area contributed by atoms with Crippen molar-refractivity contribution in [3.05, 3.63) is 97.2 Å². The van der Waals surface area contributed by atoms with Crippen LogP contribution in [0.15, 0.2) is 97.2 Å². The summed E-state index contributed by atoms with van der Waals surface area (Å²) in [6.07, 6.45) is 116. The van der Waals surface area contributed by atoms with E-state index in [1.165, 1.54) is 308 Å². The van der Waals surface area contributed by atoms with Crippen LogP contribution in [0.25, 0.3) is 0 Å². The molecule has 0 rings (SSSR count). The van der Waals surface area contributed by atoms with Crippen molar-refractivity contribution in [1.29, 1.82) is 0 Å². The first-order valence-corrected chi connectivity index (χ1v) is 45.5. The summed E-state index contributed by atoms with van der Waals surface area (Å²) in [6.45, 7) is 4.39. The van der Waals surface area contributed by atoms with Crippen molar-refractivity contribution in [2.75, 3.05) is 47.5 Å². The molecule has 10 heteroatoms. The number of nitrogens with zero attached hydrogens (tertiary/aromatic N) is 1. The van der Waals surface area contributed by atoms with E-state index in [-0.39, 0.29) is 25.6 Å². The maximum Gasteiger partial charge on any atom is 0.472 e. The molecule has 0 fully saturated rings. The number of hydrogen-bond acceptors (Lipinski definition) is 7. The Morgan fingerprint density at radius 2 is 0.559 bits per heavy atom. The van der Waals surface area contributed by atoms with E-state index in [0.717, 1.165) is 83.5 Å². The number of esters is 2. The number of phosphoric ester groups is 1. The molecule has 0 aliphatic rings. The monoisotopic (exact) mass is 1450 g/mol. The molecule has 0 heterocycles. The molecule has 0 spiro atoms. The summed E-state index contributed by atoms with van der Waals surface area (Å²) in [5, 5.41) is 0. The Bertz CT molecular complexity index is 2050. The van der Waals surface area contributed by atoms with Gasteiger partial charge in [0.2, 0.25) is 0 Å². The second-order valence-electron chi connectivity index (χ2n) is 30.9. The number of hydrogen-bond donors (Lipinski definition) is 1. The third kappa shape index (κ3) is 85.9. The van der Waals surface area contributed by atoms with E-state index in [0.29, 0.717) is 23.9 Å². The van der Waals surface area contributed by atoms with Crippen molar-refractivity contribution >= 4 is 19.8 Å². The molecule has 0 radical (unpaired) electrons. The fraction of sp³-hybridized carbons (Fsp3) is 0.804. The second kappa shape index (κ2) is 82.0. The summed E-state index contributed by atoms with van der Waals surface area (Å²) < 4.78 is 34.9. The molecule has 0 saturated heterocycles. The Hall–Kier alpha value is -3.07. The molecule has 0 aromatic rings. The summed E-state index contributed by atoms with van der Waals surface area (Å²) in [4.78, 5) is 36.1. The lowest BCUT2D eigenvalue weighted by Gasteiger charge is -2.24. The average Bonchev–Trinajstić information content (AvgIpc) is 0.916. The van der Waals surface area contributed by atoms with Gasteiger partial charge in [-0.25, -0.2) is 4.57 Å². The second-order valence-corrected chi connectivity index (χ2v) is 32.4. The number of phosphoric acid groups is 1. The Balaban J connectivity index is 3.90. The first kappa shape index (κ1) is 98.9. The van der Waals surface area contributed by atoms with Crippen LogP contribution in [0.2, 0.25) is 0 Å². The summed E-state index contributed by atoms with van der Waals surface area (Å²) in [5.41, 5.74) is 0. The number of carbonyl (C=O) groups is 2. The molecule has 0 saturated carbocycles. The third-order valence-corrected chi connectivity index (χ3v) is 20.6. The summed E-state index contributed by atoms with van der Waals surface area (Å²) in [5.74, 6) is -0.778. The topological polar surface area (TPSA) is 108 Å². The molecule has 0 amide bonds. The third-order valence-electron chi connectivity index (χ3n) is 19.6. The molecular weight excluding hydrogens is 1280 g/mol. The number of rotatable bonds is 82. The minimum Gasteiger partial charge on any atom is -0.462 e. The lowest BCUT2D eigenvalue weighted by atomic mass is 10.0. The number of carbonyl (C=O) groups excluding carboxylic acids is 2. The van der Waals surface area contributed by atoms with Gasteiger partial charge in [-0.05, 0) is 77.0 Å². The van der Waals surface area contributed by atoms with Crippen molar-refractivity contribution < 1.29 is 42.1 Å². The van der Waals surface area contributed by atoms with E-state index < -0.39 is 26.5 Å². The molecule has 1 N–H and O–H groups in total. The van der Waals surface area contributed by atoms with Gasteiger partial charge in [0.25, 0.3) is 0 Å². The molecule has 0 bridgehead atoms. The van der Waals surface area contributed by atoms with Gasteiger partial charge in [0, 0.05) is 12.8 Å². The van der Waals surface area contributed by atoms with Gasteiger partial charge in [-0.1, -0.05) is 432 Å². The van der Waals surface area contributed by atoms with Crippen LogP contribution in [0.1, 0.15) is 425 Å². The minimum absolute atomic E-state index is 0.0319. The standard InChI is InChI=1S/C92H168NO8P/c1-6-8-10-12-14-16-18-20-22-24-26-28-30-32-34-36-38-40-42-44-45-46-47-49-51-53-55-57-59-61-63-65-67-69-71-73-75-77-79-81-83-85-92(95)101-90(89-100-102(96,97)99-87-86-93(3,4)5)88-98-91(94)84-82-80-78-76-74-72-70-68-66-64-62-60-58-56-54-52-50-48-43-41-39-37-35-33-31-29-27-25-23-21-19-17-15-13-11-9-7-2/h8,10,14,16,20,22,26,28,32,34,38,40,44-45,47,49,90H,6-7,9,11-13,15,17-19,21,23-25,27,29-31,33,35-37,39,41-43,46,48,50-89H2,1-5H3/p+1/b10-8-,16-14-,22-20-,28-26-,34-32-,40-38-,45-44-,49-47-. The molecule has 0 aliphatic heterocycles. The highest BCUT2D eigenvalue weighted by Gasteiger charge is 2.27. The Kier molecular flexibility index (Phi) is 79.5.